The van der Waals surface area contributed by atoms with Gasteiger partial charge in [-0.25, -0.2) is 4.79 Å². The van der Waals surface area contributed by atoms with Crippen LogP contribution in [0.4, 0.5) is 0 Å². The molecule has 0 aromatic heterocycles. The number of aliphatic imine (C=N–C) groups is 1. The lowest BCUT2D eigenvalue weighted by Crippen LogP contribution is -2.49. The van der Waals surface area contributed by atoms with Crippen LogP contribution in [0, 0.1) is 0 Å². The largest absolute Gasteiger partial charge is 0.480 e. The number of carbonyl (C=O) groups excluding carboxylic acids is 3. The van der Waals surface area contributed by atoms with Gasteiger partial charge in [0, 0.05) is 24.8 Å². The zero-order valence-electron chi connectivity index (χ0n) is 17.8. The van der Waals surface area contributed by atoms with E-state index < -0.39 is 42.4 Å². The monoisotopic (exact) mass is 444 g/mol. The number of hydrogen-bond donors (Lipinski definition) is 5. The zero-order chi connectivity index (χ0) is 23.8. The van der Waals surface area contributed by atoms with E-state index in [9.17, 15) is 29.1 Å². The third-order valence-corrected chi connectivity index (χ3v) is 4.14. The second-order valence-electron chi connectivity index (χ2n) is 6.30. The Hall–Kier alpha value is -2.69. The standard InChI is InChI=1S/C19H29N3O7S/c1-2-3-4-6-13(23)7-5-10-20-14(19(28)29)8-9-16(24)22-15(12-30)18(27)21-11-17(25)26/h5,7,10,14-15,30H,2-4,6,8-9,11-12H2,1H3,(H,21,27)(H,22,24)(H,25,26)(H,28,29)/b7-5+,20-10+/t14-,15+/m0/s1/i7D. The van der Waals surface area contributed by atoms with E-state index in [1.54, 1.807) is 0 Å². The molecule has 4 N–H and O–H groups in total. The molecule has 0 aliphatic heterocycles. The van der Waals surface area contributed by atoms with Gasteiger partial charge in [-0.05, 0) is 25.0 Å². The van der Waals surface area contributed by atoms with Crippen molar-refractivity contribution in [2.24, 2.45) is 4.99 Å². The van der Waals surface area contributed by atoms with Crippen molar-refractivity contribution >= 4 is 48.4 Å². The van der Waals surface area contributed by atoms with E-state index >= 15 is 0 Å². The number of allylic oxidation sites excluding steroid dienone is 2. The summed E-state index contributed by atoms with van der Waals surface area (Å²) in [4.78, 5) is 61.1. The Balaban J connectivity index is 4.71. The van der Waals surface area contributed by atoms with Crippen molar-refractivity contribution in [3.63, 3.8) is 0 Å². The number of unbranched alkanes of at least 4 members (excludes halogenated alkanes) is 2. The van der Waals surface area contributed by atoms with Crippen molar-refractivity contribution in [3.05, 3.63) is 12.1 Å². The van der Waals surface area contributed by atoms with E-state index in [4.69, 9.17) is 6.48 Å². The van der Waals surface area contributed by atoms with E-state index in [0.29, 0.717) is 6.42 Å². The van der Waals surface area contributed by atoms with Crippen LogP contribution in [0.3, 0.4) is 0 Å². The highest BCUT2D eigenvalue weighted by atomic mass is 32.1. The molecule has 0 heterocycles. The van der Waals surface area contributed by atoms with Gasteiger partial charge in [-0.2, -0.15) is 12.6 Å². The second-order valence-corrected chi connectivity index (χ2v) is 6.66. The maximum absolute atomic E-state index is 12.0. The summed E-state index contributed by atoms with van der Waals surface area (Å²) in [5.74, 6) is -4.33. The van der Waals surface area contributed by atoms with Gasteiger partial charge in [-0.3, -0.25) is 24.2 Å². The maximum Gasteiger partial charge on any atom is 0.328 e. The molecule has 0 aliphatic rings. The summed E-state index contributed by atoms with van der Waals surface area (Å²) in [6, 6.07) is -2.62. The molecule has 0 radical (unpaired) electrons. The third kappa shape index (κ3) is 13.5. The minimum atomic E-state index is -1.29. The quantitative estimate of drug-likeness (QED) is 0.101. The molecule has 0 aliphatic carbocycles. The lowest BCUT2D eigenvalue weighted by Gasteiger charge is -2.16. The molecule has 0 aromatic rings. The summed E-state index contributed by atoms with van der Waals surface area (Å²) in [5, 5.41) is 22.2. The highest BCUT2D eigenvalue weighted by molar-refractivity contribution is 7.80. The molecular weight excluding hydrogens is 414 g/mol. The first kappa shape index (κ1) is 25.3. The van der Waals surface area contributed by atoms with Crippen molar-refractivity contribution in [1.82, 2.24) is 10.6 Å². The minimum Gasteiger partial charge on any atom is -0.480 e. The highest BCUT2D eigenvalue weighted by Crippen LogP contribution is 2.04. The van der Waals surface area contributed by atoms with Crippen molar-refractivity contribution in [2.45, 2.75) is 57.5 Å². The maximum atomic E-state index is 12.0. The number of carboxylic acid groups (broad SMARTS) is 2. The first-order valence-corrected chi connectivity index (χ1v) is 10.1. The summed E-state index contributed by atoms with van der Waals surface area (Å²) in [5.41, 5.74) is 0. The van der Waals surface area contributed by atoms with Crippen molar-refractivity contribution in [3.8, 4) is 0 Å². The Morgan fingerprint density at radius 2 is 1.87 bits per heavy atom. The van der Waals surface area contributed by atoms with Gasteiger partial charge in [0.05, 0.1) is 1.37 Å². The van der Waals surface area contributed by atoms with Crippen LogP contribution >= 0.6 is 12.6 Å². The highest BCUT2D eigenvalue weighted by Gasteiger charge is 2.22. The fourth-order valence-corrected chi connectivity index (χ4v) is 2.42. The van der Waals surface area contributed by atoms with Crippen LogP contribution in [-0.2, 0) is 24.0 Å². The number of nitrogens with one attached hydrogen (secondary N) is 2. The Bertz CT molecular complexity index is 713. The normalized spacial score (nSPS) is 13.9. The Kier molecular flexibility index (Phi) is 13.6. The van der Waals surface area contributed by atoms with Gasteiger partial charge in [0.25, 0.3) is 0 Å². The van der Waals surface area contributed by atoms with Gasteiger partial charge in [0.2, 0.25) is 11.8 Å². The van der Waals surface area contributed by atoms with Gasteiger partial charge in [-0.15, -0.1) is 0 Å². The number of nitrogens with zero attached hydrogens (tertiary/aromatic N) is 1. The Morgan fingerprint density at radius 1 is 1.17 bits per heavy atom. The van der Waals surface area contributed by atoms with E-state index in [1.807, 2.05) is 6.92 Å². The van der Waals surface area contributed by atoms with Gasteiger partial charge in [0.15, 0.2) is 5.78 Å². The lowest BCUT2D eigenvalue weighted by atomic mass is 10.1. The molecule has 10 nitrogen and oxygen atoms in total. The SMILES string of the molecule is [2H]/C(=C\C=N\[C@@H](CCC(=O)N[C@H](CS)C(=O)NCC(=O)O)C(=O)O)C(=O)CCCCC. The molecule has 0 saturated carbocycles. The predicted molar refractivity (Wildman–Crippen MR) is 114 cm³/mol. The third-order valence-electron chi connectivity index (χ3n) is 3.77. The number of ketones is 1. The van der Waals surface area contributed by atoms with Gasteiger partial charge < -0.3 is 20.8 Å². The van der Waals surface area contributed by atoms with Crippen molar-refractivity contribution in [1.29, 1.82) is 0 Å². The first-order valence-electron chi connectivity index (χ1n) is 9.98. The van der Waals surface area contributed by atoms with Crippen LogP contribution < -0.4 is 10.6 Å². The van der Waals surface area contributed by atoms with Crippen LogP contribution in [0.15, 0.2) is 17.1 Å². The number of rotatable bonds is 16. The van der Waals surface area contributed by atoms with Crippen molar-refractivity contribution < 1.29 is 35.6 Å². The summed E-state index contributed by atoms with van der Waals surface area (Å²) >= 11 is 3.93. The molecule has 0 unspecified atom stereocenters. The lowest BCUT2D eigenvalue weighted by molar-refractivity contribution is -0.139. The number of amides is 2. The zero-order valence-corrected chi connectivity index (χ0v) is 17.7. The van der Waals surface area contributed by atoms with Crippen LogP contribution in [0.5, 0.6) is 0 Å². The summed E-state index contributed by atoms with van der Waals surface area (Å²) < 4.78 is 7.66. The molecule has 30 heavy (non-hydrogen) atoms. The fraction of sp³-hybridized carbons (Fsp3) is 0.579. The molecule has 0 rings (SSSR count). The molecule has 0 aromatic carbocycles. The molecule has 168 valence electrons. The number of aliphatic carboxylic acids is 2. The van der Waals surface area contributed by atoms with Gasteiger partial charge in [0.1, 0.15) is 18.6 Å². The van der Waals surface area contributed by atoms with E-state index in [-0.39, 0.29) is 36.9 Å². The Morgan fingerprint density at radius 3 is 2.43 bits per heavy atom. The van der Waals surface area contributed by atoms with Crippen molar-refractivity contribution in [2.75, 3.05) is 12.3 Å². The van der Waals surface area contributed by atoms with E-state index in [1.165, 1.54) is 0 Å². The Labute approximate surface area is 182 Å². The van der Waals surface area contributed by atoms with Crippen LogP contribution in [0.2, 0.25) is 0 Å². The number of hydrogen-bond acceptors (Lipinski definition) is 7. The van der Waals surface area contributed by atoms with E-state index in [0.717, 1.165) is 25.1 Å². The van der Waals surface area contributed by atoms with Gasteiger partial charge >= 0.3 is 11.9 Å². The van der Waals surface area contributed by atoms with Gasteiger partial charge in [-0.1, -0.05) is 19.8 Å². The fourth-order valence-electron chi connectivity index (χ4n) is 2.16. The van der Waals surface area contributed by atoms with Crippen LogP contribution in [-0.4, -0.2) is 70.3 Å². The topological polar surface area (TPSA) is 162 Å². The molecule has 0 spiro atoms. The predicted octanol–water partition coefficient (Wildman–Crippen LogP) is 0.612. The first-order chi connectivity index (χ1) is 14.6. The van der Waals surface area contributed by atoms with Crippen LogP contribution in [0.1, 0.15) is 46.8 Å². The van der Waals surface area contributed by atoms with Crippen LogP contribution in [0.25, 0.3) is 0 Å². The molecule has 2 amide bonds. The summed E-state index contributed by atoms with van der Waals surface area (Å²) in [6.07, 6.45) is 4.48. The summed E-state index contributed by atoms with van der Waals surface area (Å²) in [6.45, 7) is 1.38. The number of thiol groups is 1. The molecule has 0 saturated heterocycles. The summed E-state index contributed by atoms with van der Waals surface area (Å²) in [7, 11) is 0. The molecule has 2 atom stereocenters. The second kappa shape index (κ2) is 16.1. The minimum absolute atomic E-state index is 0.0823. The average molecular weight is 445 g/mol. The molecular formula is C19H29N3O7S. The number of carboxylic acids is 2. The molecule has 0 bridgehead atoms. The molecule has 11 heteroatoms. The van der Waals surface area contributed by atoms with E-state index in [2.05, 4.69) is 28.3 Å². The number of carbonyl (C=O) groups is 5. The smallest absolute Gasteiger partial charge is 0.328 e. The molecule has 0 fully saturated rings. The average Bonchev–Trinajstić information content (AvgIpc) is 2.72.